The van der Waals surface area contributed by atoms with Gasteiger partial charge in [-0.05, 0) is 18.4 Å². The maximum atomic E-state index is 11.9. The topological polar surface area (TPSA) is 75.3 Å². The zero-order valence-corrected chi connectivity index (χ0v) is 9.73. The minimum Gasteiger partial charge on any atom is -0.375 e. The van der Waals surface area contributed by atoms with E-state index in [1.54, 1.807) is 12.1 Å². The standard InChI is InChI=1S/C13H18N2O2/c14-15-12(16)13(17,11-8-4-5-9-11)10-6-2-1-3-7-10/h1-3,6-7,11,17H,4-5,8-9,14H2,(H,15,16). The van der Waals surface area contributed by atoms with Crippen LogP contribution in [0.1, 0.15) is 31.2 Å². The summed E-state index contributed by atoms with van der Waals surface area (Å²) < 4.78 is 0. The Morgan fingerprint density at radius 3 is 2.41 bits per heavy atom. The smallest absolute Gasteiger partial charge is 0.270 e. The highest BCUT2D eigenvalue weighted by atomic mass is 16.3. The van der Waals surface area contributed by atoms with E-state index >= 15 is 0 Å². The molecule has 1 aliphatic rings. The number of carbonyl (C=O) groups is 1. The van der Waals surface area contributed by atoms with Crippen LogP contribution in [0, 0.1) is 5.92 Å². The van der Waals surface area contributed by atoms with Crippen molar-refractivity contribution in [2.75, 3.05) is 0 Å². The minimum atomic E-state index is -1.49. The Morgan fingerprint density at radius 2 is 1.88 bits per heavy atom. The SMILES string of the molecule is NNC(=O)C(O)(c1ccccc1)C1CCCC1. The van der Waals surface area contributed by atoms with E-state index in [0.717, 1.165) is 25.7 Å². The average molecular weight is 234 g/mol. The Hall–Kier alpha value is -1.39. The summed E-state index contributed by atoms with van der Waals surface area (Å²) in [5.74, 6) is 4.64. The van der Waals surface area contributed by atoms with Crippen molar-refractivity contribution in [2.24, 2.45) is 11.8 Å². The van der Waals surface area contributed by atoms with E-state index in [4.69, 9.17) is 5.84 Å². The lowest BCUT2D eigenvalue weighted by atomic mass is 9.79. The molecular weight excluding hydrogens is 216 g/mol. The number of nitrogens with two attached hydrogens (primary N) is 1. The Kier molecular flexibility index (Phi) is 3.45. The number of hydrogen-bond donors (Lipinski definition) is 3. The summed E-state index contributed by atoms with van der Waals surface area (Å²) >= 11 is 0. The summed E-state index contributed by atoms with van der Waals surface area (Å²) in [4.78, 5) is 11.9. The first-order valence-corrected chi connectivity index (χ1v) is 5.98. The van der Waals surface area contributed by atoms with Gasteiger partial charge >= 0.3 is 0 Å². The summed E-state index contributed by atoms with van der Waals surface area (Å²) in [6, 6.07) is 9.04. The maximum Gasteiger partial charge on any atom is 0.270 e. The van der Waals surface area contributed by atoms with Gasteiger partial charge in [-0.1, -0.05) is 43.2 Å². The van der Waals surface area contributed by atoms with Crippen molar-refractivity contribution >= 4 is 5.91 Å². The van der Waals surface area contributed by atoms with Crippen molar-refractivity contribution in [2.45, 2.75) is 31.3 Å². The first-order valence-electron chi connectivity index (χ1n) is 5.98. The first kappa shape index (κ1) is 12.1. The number of hydrogen-bond acceptors (Lipinski definition) is 3. The largest absolute Gasteiger partial charge is 0.375 e. The van der Waals surface area contributed by atoms with Gasteiger partial charge in [0.2, 0.25) is 0 Å². The summed E-state index contributed by atoms with van der Waals surface area (Å²) in [7, 11) is 0. The van der Waals surface area contributed by atoms with Crippen LogP contribution in [0.2, 0.25) is 0 Å². The highest BCUT2D eigenvalue weighted by Crippen LogP contribution is 2.40. The van der Waals surface area contributed by atoms with Gasteiger partial charge in [0.25, 0.3) is 5.91 Å². The van der Waals surface area contributed by atoms with E-state index < -0.39 is 11.5 Å². The lowest BCUT2D eigenvalue weighted by Gasteiger charge is -2.32. The van der Waals surface area contributed by atoms with Gasteiger partial charge < -0.3 is 5.11 Å². The highest BCUT2D eigenvalue weighted by molar-refractivity contribution is 5.86. The Morgan fingerprint density at radius 1 is 1.29 bits per heavy atom. The number of amides is 1. The molecule has 1 unspecified atom stereocenters. The molecule has 2 rings (SSSR count). The number of rotatable bonds is 3. The number of aliphatic hydroxyl groups is 1. The average Bonchev–Trinajstić information content (AvgIpc) is 2.92. The van der Waals surface area contributed by atoms with Crippen LogP contribution in [0.3, 0.4) is 0 Å². The fourth-order valence-electron chi connectivity index (χ4n) is 2.70. The second kappa shape index (κ2) is 4.85. The third kappa shape index (κ3) is 2.06. The molecule has 4 heteroatoms. The third-order valence-electron chi connectivity index (χ3n) is 3.64. The fourth-order valence-corrected chi connectivity index (χ4v) is 2.70. The van der Waals surface area contributed by atoms with E-state index in [0.29, 0.717) is 5.56 Å². The molecule has 0 bridgehead atoms. The molecule has 0 aromatic heterocycles. The predicted octanol–water partition coefficient (Wildman–Crippen LogP) is 1.05. The zero-order chi connectivity index (χ0) is 12.3. The van der Waals surface area contributed by atoms with Crippen molar-refractivity contribution < 1.29 is 9.90 Å². The van der Waals surface area contributed by atoms with Crippen LogP contribution >= 0.6 is 0 Å². The Labute approximate surface area is 101 Å². The lowest BCUT2D eigenvalue weighted by molar-refractivity contribution is -0.147. The minimum absolute atomic E-state index is 0.0477. The molecule has 1 aromatic carbocycles. The first-order chi connectivity index (χ1) is 8.19. The Balaban J connectivity index is 2.39. The van der Waals surface area contributed by atoms with Crippen molar-refractivity contribution in [3.8, 4) is 0 Å². The summed E-state index contributed by atoms with van der Waals surface area (Å²) in [5, 5.41) is 10.8. The fraction of sp³-hybridized carbons (Fsp3) is 0.462. The van der Waals surface area contributed by atoms with Gasteiger partial charge in [0.05, 0.1) is 0 Å². The summed E-state index contributed by atoms with van der Waals surface area (Å²) in [6.07, 6.45) is 3.83. The number of benzene rings is 1. The third-order valence-corrected chi connectivity index (χ3v) is 3.64. The molecule has 0 spiro atoms. The molecule has 17 heavy (non-hydrogen) atoms. The van der Waals surface area contributed by atoms with Gasteiger partial charge in [-0.15, -0.1) is 0 Å². The molecule has 0 radical (unpaired) electrons. The van der Waals surface area contributed by atoms with Gasteiger partial charge in [-0.2, -0.15) is 0 Å². The molecule has 0 heterocycles. The van der Waals surface area contributed by atoms with Crippen LogP contribution in [-0.2, 0) is 10.4 Å². The molecule has 1 aliphatic carbocycles. The van der Waals surface area contributed by atoms with Gasteiger partial charge in [-0.25, -0.2) is 5.84 Å². The molecule has 1 amide bonds. The van der Waals surface area contributed by atoms with Gasteiger partial charge in [-0.3, -0.25) is 10.2 Å². The number of carbonyl (C=O) groups excluding carboxylic acids is 1. The Bertz CT molecular complexity index is 388. The molecule has 0 aliphatic heterocycles. The quantitative estimate of drug-likeness (QED) is 0.416. The van der Waals surface area contributed by atoms with Crippen LogP contribution < -0.4 is 11.3 Å². The second-order valence-corrected chi connectivity index (χ2v) is 4.59. The molecule has 4 nitrogen and oxygen atoms in total. The monoisotopic (exact) mass is 234 g/mol. The van der Waals surface area contributed by atoms with Gasteiger partial charge in [0, 0.05) is 5.92 Å². The molecule has 1 saturated carbocycles. The van der Waals surface area contributed by atoms with Crippen LogP contribution in [-0.4, -0.2) is 11.0 Å². The number of hydrazine groups is 1. The molecule has 4 N–H and O–H groups in total. The molecule has 1 aromatic rings. The van der Waals surface area contributed by atoms with E-state index in [2.05, 4.69) is 5.43 Å². The van der Waals surface area contributed by atoms with Gasteiger partial charge in [0.15, 0.2) is 5.60 Å². The van der Waals surface area contributed by atoms with E-state index in [1.165, 1.54) is 0 Å². The van der Waals surface area contributed by atoms with Crippen LogP contribution in [0.15, 0.2) is 30.3 Å². The number of nitrogens with one attached hydrogen (secondary N) is 1. The van der Waals surface area contributed by atoms with Gasteiger partial charge in [0.1, 0.15) is 0 Å². The molecule has 92 valence electrons. The van der Waals surface area contributed by atoms with Crippen LogP contribution in [0.4, 0.5) is 0 Å². The van der Waals surface area contributed by atoms with E-state index in [9.17, 15) is 9.90 Å². The predicted molar refractivity (Wildman–Crippen MR) is 64.6 cm³/mol. The van der Waals surface area contributed by atoms with Crippen molar-refractivity contribution in [3.63, 3.8) is 0 Å². The maximum absolute atomic E-state index is 11.9. The molecular formula is C13H18N2O2. The molecule has 0 saturated heterocycles. The van der Waals surface area contributed by atoms with Crippen molar-refractivity contribution in [1.82, 2.24) is 5.43 Å². The van der Waals surface area contributed by atoms with Crippen molar-refractivity contribution in [3.05, 3.63) is 35.9 Å². The summed E-state index contributed by atoms with van der Waals surface area (Å²) in [5.41, 5.74) is 1.22. The molecule has 1 atom stereocenters. The van der Waals surface area contributed by atoms with E-state index in [-0.39, 0.29) is 5.92 Å². The summed E-state index contributed by atoms with van der Waals surface area (Å²) in [6.45, 7) is 0. The molecule has 1 fully saturated rings. The normalized spacial score (nSPS) is 19.9. The van der Waals surface area contributed by atoms with Crippen molar-refractivity contribution in [1.29, 1.82) is 0 Å². The lowest BCUT2D eigenvalue weighted by Crippen LogP contribution is -2.51. The van der Waals surface area contributed by atoms with E-state index in [1.807, 2.05) is 18.2 Å². The highest BCUT2D eigenvalue weighted by Gasteiger charge is 2.45. The van der Waals surface area contributed by atoms with Crippen LogP contribution in [0.25, 0.3) is 0 Å². The van der Waals surface area contributed by atoms with Crippen LogP contribution in [0.5, 0.6) is 0 Å². The second-order valence-electron chi connectivity index (χ2n) is 4.59. The zero-order valence-electron chi connectivity index (χ0n) is 9.73.